The maximum atomic E-state index is 12.8. The minimum Gasteiger partial charge on any atom is -0.501 e. The summed E-state index contributed by atoms with van der Waals surface area (Å²) >= 11 is 5.80. The fraction of sp³-hybridized carbons (Fsp3) is 0.0625. The lowest BCUT2D eigenvalue weighted by molar-refractivity contribution is 0.0942. The van der Waals surface area contributed by atoms with Gasteiger partial charge in [-0.3, -0.25) is 14.0 Å². The second-order valence-electron chi connectivity index (χ2n) is 5.00. The van der Waals surface area contributed by atoms with Gasteiger partial charge in [-0.05, 0) is 29.8 Å². The highest BCUT2D eigenvalue weighted by molar-refractivity contribution is 6.30. The number of carbonyl (C=O) groups excluding carboxylic acids is 1. The summed E-state index contributed by atoms with van der Waals surface area (Å²) in [6.07, 6.45) is 1.30. The normalized spacial score (nSPS) is 10.8. The van der Waals surface area contributed by atoms with Crippen LogP contribution in [0.2, 0.25) is 5.02 Å². The van der Waals surface area contributed by atoms with Gasteiger partial charge >= 0.3 is 5.56 Å². The van der Waals surface area contributed by atoms with Crippen LogP contribution >= 0.6 is 11.6 Å². The van der Waals surface area contributed by atoms with Gasteiger partial charge in [0, 0.05) is 12.7 Å². The number of nitrogens with one attached hydrogen (secondary N) is 1. The maximum absolute atomic E-state index is 12.8. The van der Waals surface area contributed by atoms with E-state index in [0.717, 1.165) is 4.40 Å². The van der Waals surface area contributed by atoms with E-state index in [4.69, 9.17) is 11.6 Å². The van der Waals surface area contributed by atoms with Crippen molar-refractivity contribution in [2.45, 2.75) is 6.54 Å². The number of fused-ring (bicyclic) bond motifs is 1. The average Bonchev–Trinajstić information content (AvgIpc) is 2.58. The van der Waals surface area contributed by atoms with Crippen molar-refractivity contribution in [2.75, 3.05) is 0 Å². The molecular formula is C16H11ClFN3O3. The minimum atomic E-state index is -0.797. The number of pyridine rings is 1. The Morgan fingerprint density at radius 2 is 1.96 bits per heavy atom. The molecule has 6 nitrogen and oxygen atoms in total. The smallest absolute Gasteiger partial charge is 0.300 e. The molecule has 2 N–H and O–H groups in total. The summed E-state index contributed by atoms with van der Waals surface area (Å²) in [6, 6.07) is 8.54. The molecule has 0 unspecified atom stereocenters. The van der Waals surface area contributed by atoms with Gasteiger partial charge in [0.25, 0.3) is 5.91 Å². The van der Waals surface area contributed by atoms with E-state index in [1.807, 2.05) is 0 Å². The zero-order valence-corrected chi connectivity index (χ0v) is 12.9. The molecule has 8 heteroatoms. The number of aromatic nitrogens is 2. The number of carbonyl (C=O) groups is 1. The van der Waals surface area contributed by atoms with Crippen LogP contribution in [0.4, 0.5) is 4.39 Å². The Balaban J connectivity index is 1.89. The SMILES string of the molecule is O=C(NCc1ccc(F)cc1)c1nc2ccc(Cl)cn2c(=O)c1O. The van der Waals surface area contributed by atoms with Crippen LogP contribution in [0.3, 0.4) is 0 Å². The molecule has 0 saturated carbocycles. The Morgan fingerprint density at radius 3 is 2.67 bits per heavy atom. The van der Waals surface area contributed by atoms with E-state index in [1.165, 1.54) is 42.6 Å². The van der Waals surface area contributed by atoms with Crippen molar-refractivity contribution in [2.24, 2.45) is 0 Å². The summed E-state index contributed by atoms with van der Waals surface area (Å²) in [5, 5.41) is 12.8. The highest BCUT2D eigenvalue weighted by Gasteiger charge is 2.18. The van der Waals surface area contributed by atoms with Crippen LogP contribution in [0, 0.1) is 5.82 Å². The molecule has 0 aliphatic carbocycles. The quantitative estimate of drug-likeness (QED) is 0.760. The first-order valence-electron chi connectivity index (χ1n) is 6.89. The van der Waals surface area contributed by atoms with Crippen molar-refractivity contribution in [3.63, 3.8) is 0 Å². The van der Waals surface area contributed by atoms with E-state index in [1.54, 1.807) is 0 Å². The summed E-state index contributed by atoms with van der Waals surface area (Å²) in [4.78, 5) is 28.3. The molecule has 0 aliphatic rings. The monoisotopic (exact) mass is 347 g/mol. The molecule has 0 bridgehead atoms. The summed E-state index contributed by atoms with van der Waals surface area (Å²) < 4.78 is 13.9. The van der Waals surface area contributed by atoms with E-state index in [2.05, 4.69) is 10.3 Å². The number of hydrogen-bond donors (Lipinski definition) is 2. The van der Waals surface area contributed by atoms with Gasteiger partial charge in [-0.15, -0.1) is 0 Å². The zero-order valence-electron chi connectivity index (χ0n) is 12.2. The van der Waals surface area contributed by atoms with Crippen LogP contribution in [0.1, 0.15) is 16.1 Å². The van der Waals surface area contributed by atoms with Gasteiger partial charge in [-0.25, -0.2) is 9.37 Å². The van der Waals surface area contributed by atoms with Gasteiger partial charge in [0.05, 0.1) is 5.02 Å². The van der Waals surface area contributed by atoms with Crippen molar-refractivity contribution in [1.82, 2.24) is 14.7 Å². The van der Waals surface area contributed by atoms with Crippen molar-refractivity contribution < 1.29 is 14.3 Å². The maximum Gasteiger partial charge on any atom is 0.300 e. The topological polar surface area (TPSA) is 83.7 Å². The van der Waals surface area contributed by atoms with Gasteiger partial charge in [-0.1, -0.05) is 23.7 Å². The third-order valence-electron chi connectivity index (χ3n) is 3.34. The molecule has 0 fully saturated rings. The fourth-order valence-electron chi connectivity index (χ4n) is 2.13. The van der Waals surface area contributed by atoms with Crippen molar-refractivity contribution >= 4 is 23.2 Å². The molecule has 1 aromatic carbocycles. The summed E-state index contributed by atoms with van der Waals surface area (Å²) in [6.45, 7) is 0.0974. The van der Waals surface area contributed by atoms with Crippen LogP contribution in [0.15, 0.2) is 47.4 Å². The van der Waals surface area contributed by atoms with Gasteiger partial charge in [0.1, 0.15) is 11.5 Å². The van der Waals surface area contributed by atoms with Crippen LogP contribution in [0.25, 0.3) is 5.65 Å². The lowest BCUT2D eigenvalue weighted by Gasteiger charge is -2.08. The molecule has 1 amide bonds. The molecule has 0 spiro atoms. The molecule has 0 atom stereocenters. The van der Waals surface area contributed by atoms with Crippen LogP contribution in [-0.2, 0) is 6.54 Å². The summed E-state index contributed by atoms with van der Waals surface area (Å²) in [5.74, 6) is -1.87. The number of halogens is 2. The minimum absolute atomic E-state index is 0.0974. The molecule has 3 aromatic rings. The highest BCUT2D eigenvalue weighted by Crippen LogP contribution is 2.14. The third-order valence-corrected chi connectivity index (χ3v) is 3.57. The predicted molar refractivity (Wildman–Crippen MR) is 85.7 cm³/mol. The van der Waals surface area contributed by atoms with E-state index in [9.17, 15) is 19.1 Å². The van der Waals surface area contributed by atoms with E-state index in [-0.39, 0.29) is 23.7 Å². The van der Waals surface area contributed by atoms with Gasteiger partial charge in [-0.2, -0.15) is 0 Å². The average molecular weight is 348 g/mol. The largest absolute Gasteiger partial charge is 0.501 e. The Bertz CT molecular complexity index is 986. The molecular weight excluding hydrogens is 337 g/mol. The summed E-state index contributed by atoms with van der Waals surface area (Å²) in [5.41, 5.74) is -0.346. The molecule has 3 rings (SSSR count). The van der Waals surface area contributed by atoms with Crippen molar-refractivity contribution in [3.8, 4) is 5.75 Å². The van der Waals surface area contributed by atoms with Crippen molar-refractivity contribution in [3.05, 3.63) is 75.0 Å². The van der Waals surface area contributed by atoms with Crippen LogP contribution < -0.4 is 10.9 Å². The number of amides is 1. The zero-order chi connectivity index (χ0) is 17.3. The van der Waals surface area contributed by atoms with Crippen LogP contribution in [-0.4, -0.2) is 20.4 Å². The summed E-state index contributed by atoms with van der Waals surface area (Å²) in [7, 11) is 0. The highest BCUT2D eigenvalue weighted by atomic mass is 35.5. The second kappa shape index (κ2) is 6.29. The third kappa shape index (κ3) is 3.07. The lowest BCUT2D eigenvalue weighted by Crippen LogP contribution is -2.27. The first-order valence-corrected chi connectivity index (χ1v) is 7.27. The molecule has 2 aromatic heterocycles. The first kappa shape index (κ1) is 15.9. The van der Waals surface area contributed by atoms with Gasteiger partial charge in [0.2, 0.25) is 5.75 Å². The van der Waals surface area contributed by atoms with Gasteiger partial charge < -0.3 is 10.4 Å². The fourth-order valence-corrected chi connectivity index (χ4v) is 2.29. The number of rotatable bonds is 3. The molecule has 0 radical (unpaired) electrons. The second-order valence-corrected chi connectivity index (χ2v) is 5.44. The number of benzene rings is 1. The Hall–Kier alpha value is -2.93. The lowest BCUT2D eigenvalue weighted by atomic mass is 10.2. The molecule has 0 saturated heterocycles. The molecule has 24 heavy (non-hydrogen) atoms. The van der Waals surface area contributed by atoms with E-state index in [0.29, 0.717) is 10.6 Å². The van der Waals surface area contributed by atoms with Crippen LogP contribution in [0.5, 0.6) is 5.75 Å². The van der Waals surface area contributed by atoms with E-state index < -0.39 is 17.2 Å². The standard InChI is InChI=1S/C16H11ClFN3O3/c17-10-3-6-12-20-13(14(22)16(24)21(12)8-10)15(23)19-7-9-1-4-11(18)5-2-9/h1-6,8,22H,7H2,(H,19,23). The molecule has 122 valence electrons. The molecule has 2 heterocycles. The Kier molecular flexibility index (Phi) is 4.18. The van der Waals surface area contributed by atoms with Crippen molar-refractivity contribution in [1.29, 1.82) is 0 Å². The number of nitrogens with zero attached hydrogens (tertiary/aromatic N) is 2. The molecule has 0 aliphatic heterocycles. The number of aromatic hydroxyl groups is 1. The Labute approximate surface area is 140 Å². The predicted octanol–water partition coefficient (Wildman–Crippen LogP) is 2.12. The number of hydrogen-bond acceptors (Lipinski definition) is 4. The van der Waals surface area contributed by atoms with Gasteiger partial charge in [0.15, 0.2) is 5.69 Å². The van der Waals surface area contributed by atoms with E-state index >= 15 is 0 Å². The Morgan fingerprint density at radius 1 is 1.25 bits per heavy atom. The first-order chi connectivity index (χ1) is 11.5.